The van der Waals surface area contributed by atoms with Crippen LogP contribution in [0.4, 0.5) is 0 Å². The molecule has 1 aliphatic heterocycles. The normalized spacial score (nSPS) is 34.5. The number of hydrogen-bond donors (Lipinski definition) is 0. The van der Waals surface area contributed by atoms with E-state index in [2.05, 4.69) is 0 Å². The number of carbonyl (C=O) groups is 2. The molecule has 56 valence electrons. The molecule has 1 heterocycles. The fourth-order valence-electron chi connectivity index (χ4n) is 0.819. The Kier molecular flexibility index (Phi) is 1.99. The molecule has 0 aromatic carbocycles. The van der Waals surface area contributed by atoms with E-state index in [-0.39, 0.29) is 23.7 Å². The van der Waals surface area contributed by atoms with E-state index in [0.29, 0.717) is 0 Å². The van der Waals surface area contributed by atoms with E-state index >= 15 is 0 Å². The van der Waals surface area contributed by atoms with Gasteiger partial charge in [0.05, 0.1) is 17.4 Å². The van der Waals surface area contributed by atoms with Crippen molar-refractivity contribution in [1.82, 2.24) is 0 Å². The summed E-state index contributed by atoms with van der Waals surface area (Å²) >= 11 is 0. The molecule has 1 aliphatic rings. The lowest BCUT2D eigenvalue weighted by atomic mass is 10.2. The van der Waals surface area contributed by atoms with Gasteiger partial charge in [-0.15, -0.1) is 0 Å². The lowest BCUT2D eigenvalue weighted by Crippen LogP contribution is -2.35. The first-order chi connectivity index (χ1) is 4.61. The van der Waals surface area contributed by atoms with Gasteiger partial charge < -0.3 is 0 Å². The summed E-state index contributed by atoms with van der Waals surface area (Å²) in [5.74, 6) is -0.316. The Hall–Kier alpha value is -0.510. The maximum atomic E-state index is 10.9. The van der Waals surface area contributed by atoms with E-state index in [1.165, 1.54) is 0 Å². The summed E-state index contributed by atoms with van der Waals surface area (Å²) in [7, 11) is -1.24. The number of Topliss-reactive ketones (excluding diaryl/α,β-unsaturated/α-hetero) is 2. The van der Waals surface area contributed by atoms with E-state index in [9.17, 15) is 13.8 Å². The molecule has 2 unspecified atom stereocenters. The Morgan fingerprint density at radius 3 is 2.60 bits per heavy atom. The van der Waals surface area contributed by atoms with Gasteiger partial charge in [-0.2, -0.15) is 0 Å². The van der Waals surface area contributed by atoms with Crippen LogP contribution in [0.25, 0.3) is 0 Å². The van der Waals surface area contributed by atoms with Gasteiger partial charge in [0.2, 0.25) is 0 Å². The van der Waals surface area contributed by atoms with Crippen molar-refractivity contribution >= 4 is 22.4 Å². The van der Waals surface area contributed by atoms with E-state index in [4.69, 9.17) is 0 Å². The van der Waals surface area contributed by atoms with Crippen LogP contribution >= 0.6 is 0 Å². The molecule has 0 aliphatic carbocycles. The van der Waals surface area contributed by atoms with Crippen molar-refractivity contribution in [3.63, 3.8) is 0 Å². The van der Waals surface area contributed by atoms with E-state index in [0.717, 1.165) is 0 Å². The quantitative estimate of drug-likeness (QED) is 0.456. The topological polar surface area (TPSA) is 51.2 Å². The highest BCUT2D eigenvalue weighted by atomic mass is 32.2. The molecule has 0 N–H and O–H groups in total. The van der Waals surface area contributed by atoms with Crippen LogP contribution in [0.3, 0.4) is 0 Å². The SMILES string of the molecule is CC1C(=O)CC(=O)CS1=O. The van der Waals surface area contributed by atoms with E-state index < -0.39 is 16.0 Å². The van der Waals surface area contributed by atoms with Gasteiger partial charge in [0.1, 0.15) is 0 Å². The average Bonchev–Trinajstić information content (AvgIpc) is 1.82. The first-order valence-corrected chi connectivity index (χ1v) is 4.41. The third-order valence-electron chi connectivity index (χ3n) is 1.52. The molecule has 0 bridgehead atoms. The monoisotopic (exact) mass is 160 g/mol. The largest absolute Gasteiger partial charge is 0.298 e. The Bertz CT molecular complexity index is 189. The predicted molar refractivity (Wildman–Crippen MR) is 37.1 cm³/mol. The summed E-state index contributed by atoms with van der Waals surface area (Å²) in [5, 5.41) is -0.433. The first-order valence-electron chi connectivity index (χ1n) is 3.03. The zero-order valence-electron chi connectivity index (χ0n) is 5.62. The summed E-state index contributed by atoms with van der Waals surface area (Å²) in [6.45, 7) is 1.60. The number of hydrogen-bond acceptors (Lipinski definition) is 3. The lowest BCUT2D eigenvalue weighted by molar-refractivity contribution is -0.125. The van der Waals surface area contributed by atoms with Gasteiger partial charge in [0.25, 0.3) is 0 Å². The van der Waals surface area contributed by atoms with Crippen molar-refractivity contribution in [2.75, 3.05) is 5.75 Å². The van der Waals surface area contributed by atoms with Gasteiger partial charge in [-0.1, -0.05) is 0 Å². The molecule has 0 radical (unpaired) electrons. The van der Waals surface area contributed by atoms with Crippen LogP contribution in [-0.4, -0.2) is 26.8 Å². The van der Waals surface area contributed by atoms with Crippen LogP contribution in [0.1, 0.15) is 13.3 Å². The minimum Gasteiger partial charge on any atom is -0.298 e. The summed E-state index contributed by atoms with van der Waals surface area (Å²) < 4.78 is 10.9. The van der Waals surface area contributed by atoms with Gasteiger partial charge in [0.15, 0.2) is 11.6 Å². The van der Waals surface area contributed by atoms with Gasteiger partial charge in [0, 0.05) is 10.8 Å². The highest BCUT2D eigenvalue weighted by Gasteiger charge is 2.29. The zero-order valence-corrected chi connectivity index (χ0v) is 6.44. The molecule has 1 saturated heterocycles. The van der Waals surface area contributed by atoms with Crippen LogP contribution < -0.4 is 0 Å². The molecular formula is C6H8O3S. The van der Waals surface area contributed by atoms with Crippen molar-refractivity contribution in [3.8, 4) is 0 Å². The standard InChI is InChI=1S/C6H8O3S/c1-4-6(8)2-5(7)3-10(4)9/h4H,2-3H2,1H3. The molecule has 1 fully saturated rings. The molecule has 2 atom stereocenters. The zero-order chi connectivity index (χ0) is 7.72. The maximum Gasteiger partial charge on any atom is 0.155 e. The second-order valence-electron chi connectivity index (χ2n) is 2.35. The molecule has 0 aromatic heterocycles. The van der Waals surface area contributed by atoms with Gasteiger partial charge >= 0.3 is 0 Å². The second kappa shape index (κ2) is 2.62. The van der Waals surface area contributed by atoms with Crippen molar-refractivity contribution < 1.29 is 13.8 Å². The fraction of sp³-hybridized carbons (Fsp3) is 0.667. The summed E-state index contributed by atoms with van der Waals surface area (Å²) in [4.78, 5) is 21.4. The predicted octanol–water partition coefficient (Wildman–Crippen LogP) is -0.334. The number of ketones is 2. The van der Waals surface area contributed by atoms with Crippen molar-refractivity contribution in [1.29, 1.82) is 0 Å². The Morgan fingerprint density at radius 1 is 1.50 bits per heavy atom. The summed E-state index contributed by atoms with van der Waals surface area (Å²) in [6, 6.07) is 0. The fourth-order valence-corrected chi connectivity index (χ4v) is 1.87. The van der Waals surface area contributed by atoms with Crippen molar-refractivity contribution in [3.05, 3.63) is 0 Å². The Labute approximate surface area is 61.3 Å². The molecule has 3 nitrogen and oxygen atoms in total. The van der Waals surface area contributed by atoms with Crippen LogP contribution in [0, 0.1) is 0 Å². The second-order valence-corrected chi connectivity index (χ2v) is 4.11. The highest BCUT2D eigenvalue weighted by molar-refractivity contribution is 7.87. The Balaban J connectivity index is 2.76. The van der Waals surface area contributed by atoms with Crippen molar-refractivity contribution in [2.45, 2.75) is 18.6 Å². The van der Waals surface area contributed by atoms with Gasteiger partial charge in [-0.3, -0.25) is 13.8 Å². The lowest BCUT2D eigenvalue weighted by Gasteiger charge is -2.14. The molecular weight excluding hydrogens is 152 g/mol. The molecule has 0 saturated carbocycles. The van der Waals surface area contributed by atoms with Gasteiger partial charge in [-0.05, 0) is 6.92 Å². The molecule has 10 heavy (non-hydrogen) atoms. The summed E-state index contributed by atoms with van der Waals surface area (Å²) in [6.07, 6.45) is -0.0209. The Morgan fingerprint density at radius 2 is 2.10 bits per heavy atom. The average molecular weight is 160 g/mol. The third kappa shape index (κ3) is 1.31. The molecule has 0 spiro atoms. The van der Waals surface area contributed by atoms with E-state index in [1.807, 2.05) is 0 Å². The smallest absolute Gasteiger partial charge is 0.155 e. The molecule has 4 heteroatoms. The first kappa shape index (κ1) is 7.60. The van der Waals surface area contributed by atoms with Crippen LogP contribution in [0.5, 0.6) is 0 Å². The summed E-state index contributed by atoms with van der Waals surface area (Å²) in [5.41, 5.74) is 0. The minimum atomic E-state index is -1.24. The third-order valence-corrected chi connectivity index (χ3v) is 3.18. The van der Waals surface area contributed by atoms with Crippen molar-refractivity contribution in [2.24, 2.45) is 0 Å². The highest BCUT2D eigenvalue weighted by Crippen LogP contribution is 2.08. The number of rotatable bonds is 0. The molecule has 1 rings (SSSR count). The van der Waals surface area contributed by atoms with E-state index in [1.54, 1.807) is 6.92 Å². The molecule has 0 amide bonds. The minimum absolute atomic E-state index is 0.0209. The maximum absolute atomic E-state index is 10.9. The molecule has 0 aromatic rings. The van der Waals surface area contributed by atoms with Crippen LogP contribution in [0.2, 0.25) is 0 Å². The van der Waals surface area contributed by atoms with Crippen LogP contribution in [-0.2, 0) is 20.4 Å². The van der Waals surface area contributed by atoms with Crippen LogP contribution in [0.15, 0.2) is 0 Å². The van der Waals surface area contributed by atoms with Gasteiger partial charge in [-0.25, -0.2) is 0 Å². The number of carbonyl (C=O) groups excluding carboxylic acids is 2.